The number of piperidine rings is 1. The fourth-order valence-corrected chi connectivity index (χ4v) is 5.31. The molecule has 0 aromatic heterocycles. The van der Waals surface area contributed by atoms with Crippen molar-refractivity contribution in [3.05, 3.63) is 106 Å². The van der Waals surface area contributed by atoms with E-state index in [1.54, 1.807) is 43.4 Å². The molecule has 3 aromatic carbocycles. The number of hydrogen-bond acceptors (Lipinski definition) is 6. The van der Waals surface area contributed by atoms with E-state index in [-0.39, 0.29) is 11.8 Å². The highest BCUT2D eigenvalue weighted by Gasteiger charge is 2.26. The van der Waals surface area contributed by atoms with Crippen LogP contribution in [-0.2, 0) is 10.0 Å². The van der Waals surface area contributed by atoms with E-state index in [0.717, 1.165) is 41.6 Å². The van der Waals surface area contributed by atoms with Gasteiger partial charge in [0.25, 0.3) is 17.7 Å². The highest BCUT2D eigenvalue weighted by Crippen LogP contribution is 2.22. The molecule has 1 aliphatic rings. The molecule has 2 N–H and O–H groups in total. The van der Waals surface area contributed by atoms with Crippen molar-refractivity contribution < 1.29 is 22.8 Å². The molecular formula is C34H46N4O5S. The van der Waals surface area contributed by atoms with E-state index in [2.05, 4.69) is 19.3 Å². The molecule has 2 atom stereocenters. The zero-order valence-corrected chi connectivity index (χ0v) is 27.9. The summed E-state index contributed by atoms with van der Waals surface area (Å²) in [6.07, 6.45) is 2.18. The number of nitrogens with zero attached hydrogens (tertiary/aromatic N) is 2. The van der Waals surface area contributed by atoms with Crippen LogP contribution < -0.4 is 10.1 Å². The molecule has 238 valence electrons. The third-order valence-corrected chi connectivity index (χ3v) is 7.14. The first kappa shape index (κ1) is 36.2. The molecular weight excluding hydrogens is 576 g/mol. The standard InChI is InChI=1S/C15H21NO.C10H14N2O.C9H11NO3S/c1-11-5-4-6-14(8-11)15(17)16-9-12(2)7-13(3)10-16;1-8-5-4-6-9(7-8)10(13)11-12(2)3;1-7-4-3-5-8(6-7)9(11)10-14(2,12)13/h4-6,8,12-13H,7,9-10H2,1-3H3;4-7H,1-3H3,(H,11,13);3-6H,1-2H3,(H,10,11). The second kappa shape index (κ2) is 16.7. The van der Waals surface area contributed by atoms with Gasteiger partial charge in [0.15, 0.2) is 0 Å². The summed E-state index contributed by atoms with van der Waals surface area (Å²) in [5, 5.41) is 1.63. The number of likely N-dealkylation sites (tertiary alicyclic amines) is 1. The fraction of sp³-hybridized carbons (Fsp3) is 0.382. The minimum Gasteiger partial charge on any atom is -0.338 e. The Morgan fingerprint density at radius 2 is 1.14 bits per heavy atom. The molecule has 1 saturated heterocycles. The number of hydrazine groups is 1. The van der Waals surface area contributed by atoms with Crippen LogP contribution in [0.15, 0.2) is 72.8 Å². The van der Waals surface area contributed by atoms with E-state index in [4.69, 9.17) is 0 Å². The van der Waals surface area contributed by atoms with Crippen molar-refractivity contribution in [2.45, 2.75) is 41.0 Å². The van der Waals surface area contributed by atoms with E-state index >= 15 is 0 Å². The van der Waals surface area contributed by atoms with Gasteiger partial charge in [0.1, 0.15) is 0 Å². The average Bonchev–Trinajstić information content (AvgIpc) is 2.91. The van der Waals surface area contributed by atoms with E-state index < -0.39 is 15.9 Å². The molecule has 9 nitrogen and oxygen atoms in total. The molecule has 0 radical (unpaired) electrons. The Labute approximate surface area is 262 Å². The maximum Gasteiger partial charge on any atom is 0.265 e. The summed E-state index contributed by atoms with van der Waals surface area (Å²) in [4.78, 5) is 37.2. The summed E-state index contributed by atoms with van der Waals surface area (Å²) < 4.78 is 23.4. The number of benzene rings is 3. The molecule has 3 amide bonds. The van der Waals surface area contributed by atoms with Crippen LogP contribution in [0.4, 0.5) is 0 Å². The highest BCUT2D eigenvalue weighted by molar-refractivity contribution is 7.89. The molecule has 3 aromatic rings. The van der Waals surface area contributed by atoms with Crippen LogP contribution in [0, 0.1) is 32.6 Å². The zero-order valence-electron chi connectivity index (χ0n) is 27.0. The minimum atomic E-state index is -3.48. The van der Waals surface area contributed by atoms with Gasteiger partial charge in [-0.15, -0.1) is 0 Å². The topological polar surface area (TPSA) is 116 Å². The molecule has 0 aliphatic carbocycles. The fourth-order valence-electron chi connectivity index (χ4n) is 4.86. The quantitative estimate of drug-likeness (QED) is 0.387. The Balaban J connectivity index is 0.000000233. The number of carbonyl (C=O) groups excluding carboxylic acids is 3. The maximum atomic E-state index is 12.4. The first-order chi connectivity index (χ1) is 20.5. The van der Waals surface area contributed by atoms with Crippen LogP contribution in [0.1, 0.15) is 68.0 Å². The number of rotatable bonds is 5. The lowest BCUT2D eigenvalue weighted by Gasteiger charge is -2.35. The Bertz CT molecular complexity index is 1530. The zero-order chi connectivity index (χ0) is 33.0. The van der Waals surface area contributed by atoms with E-state index in [1.165, 1.54) is 6.42 Å². The van der Waals surface area contributed by atoms with Crippen molar-refractivity contribution >= 4 is 27.7 Å². The summed E-state index contributed by atoms with van der Waals surface area (Å²) in [5.41, 5.74) is 7.68. The van der Waals surface area contributed by atoms with Gasteiger partial charge in [-0.3, -0.25) is 19.8 Å². The van der Waals surface area contributed by atoms with Crippen molar-refractivity contribution in [2.24, 2.45) is 11.8 Å². The Morgan fingerprint density at radius 1 is 0.727 bits per heavy atom. The predicted molar refractivity (Wildman–Crippen MR) is 176 cm³/mol. The number of hydrogen-bond donors (Lipinski definition) is 2. The summed E-state index contributed by atoms with van der Waals surface area (Å²) in [6, 6.07) is 22.1. The lowest BCUT2D eigenvalue weighted by atomic mass is 9.91. The number of carbonyl (C=O) groups is 3. The van der Waals surface area contributed by atoms with Crippen molar-refractivity contribution in [3.63, 3.8) is 0 Å². The summed E-state index contributed by atoms with van der Waals surface area (Å²) in [5.74, 6) is 0.747. The van der Waals surface area contributed by atoms with E-state index in [9.17, 15) is 22.8 Å². The van der Waals surface area contributed by atoms with Crippen LogP contribution in [0.5, 0.6) is 0 Å². The van der Waals surface area contributed by atoms with Crippen molar-refractivity contribution in [1.29, 1.82) is 0 Å². The molecule has 10 heteroatoms. The lowest BCUT2D eigenvalue weighted by Crippen LogP contribution is -2.42. The second-order valence-corrected chi connectivity index (χ2v) is 13.6. The van der Waals surface area contributed by atoms with Gasteiger partial charge in [-0.25, -0.2) is 18.1 Å². The first-order valence-electron chi connectivity index (χ1n) is 14.5. The van der Waals surface area contributed by atoms with E-state index in [1.807, 2.05) is 78.9 Å². The Morgan fingerprint density at radius 3 is 1.55 bits per heavy atom. The van der Waals surface area contributed by atoms with Gasteiger partial charge in [0.2, 0.25) is 10.0 Å². The number of sulfonamides is 1. The average molecular weight is 623 g/mol. The Kier molecular flexibility index (Phi) is 13.8. The molecule has 1 fully saturated rings. The van der Waals surface area contributed by atoms with Crippen molar-refractivity contribution in [1.82, 2.24) is 20.1 Å². The van der Waals surface area contributed by atoms with Crippen molar-refractivity contribution in [2.75, 3.05) is 33.4 Å². The monoisotopic (exact) mass is 622 g/mol. The summed E-state index contributed by atoms with van der Waals surface area (Å²) in [6.45, 7) is 12.1. The van der Waals surface area contributed by atoms with Gasteiger partial charge in [-0.1, -0.05) is 66.9 Å². The first-order valence-corrected chi connectivity index (χ1v) is 16.4. The van der Waals surface area contributed by atoms with Gasteiger partial charge in [0, 0.05) is 43.9 Å². The van der Waals surface area contributed by atoms with Crippen LogP contribution in [-0.4, -0.2) is 69.5 Å². The molecule has 0 saturated carbocycles. The molecule has 1 heterocycles. The smallest absolute Gasteiger partial charge is 0.265 e. The normalized spacial score (nSPS) is 16.1. The number of aryl methyl sites for hydroxylation is 3. The van der Waals surface area contributed by atoms with Gasteiger partial charge in [-0.2, -0.15) is 0 Å². The molecule has 1 aliphatic heterocycles. The van der Waals surface area contributed by atoms with Gasteiger partial charge >= 0.3 is 0 Å². The molecule has 44 heavy (non-hydrogen) atoms. The SMILES string of the molecule is Cc1cccc(C(=O)N2CC(C)CC(C)C2)c1.Cc1cccc(C(=O)NN(C)C)c1.Cc1cccc(C(=O)NS(C)(=O)=O)c1. The van der Waals surface area contributed by atoms with Gasteiger partial charge in [0.05, 0.1) is 6.26 Å². The predicted octanol–water partition coefficient (Wildman–Crippen LogP) is 5.00. The molecule has 0 bridgehead atoms. The maximum absolute atomic E-state index is 12.4. The van der Waals surface area contributed by atoms with E-state index in [0.29, 0.717) is 23.0 Å². The van der Waals surface area contributed by atoms with Gasteiger partial charge in [-0.05, 0) is 75.4 Å². The summed E-state index contributed by atoms with van der Waals surface area (Å²) in [7, 11) is 0.0869. The van der Waals surface area contributed by atoms with Gasteiger partial charge < -0.3 is 4.90 Å². The number of nitrogens with one attached hydrogen (secondary N) is 2. The largest absolute Gasteiger partial charge is 0.338 e. The van der Waals surface area contributed by atoms with Crippen LogP contribution in [0.3, 0.4) is 0 Å². The number of amides is 3. The van der Waals surface area contributed by atoms with Crippen LogP contribution in [0.25, 0.3) is 0 Å². The third-order valence-electron chi connectivity index (χ3n) is 6.58. The Hall–Kier alpha value is -4.02. The van der Waals surface area contributed by atoms with Crippen LogP contribution in [0.2, 0.25) is 0 Å². The second-order valence-electron chi connectivity index (χ2n) is 11.8. The minimum absolute atomic E-state index is 0.0753. The molecule has 2 unspecified atom stereocenters. The lowest BCUT2D eigenvalue weighted by molar-refractivity contribution is 0.0622. The summed E-state index contributed by atoms with van der Waals surface area (Å²) >= 11 is 0. The van der Waals surface area contributed by atoms with Crippen molar-refractivity contribution in [3.8, 4) is 0 Å². The molecule has 0 spiro atoms. The third kappa shape index (κ3) is 13.1. The molecule has 4 rings (SSSR count). The highest BCUT2D eigenvalue weighted by atomic mass is 32.2. The van der Waals surface area contributed by atoms with Crippen LogP contribution >= 0.6 is 0 Å².